The van der Waals surface area contributed by atoms with Gasteiger partial charge in [-0.25, -0.2) is 0 Å². The highest BCUT2D eigenvalue weighted by Gasteiger charge is 2.01. The summed E-state index contributed by atoms with van der Waals surface area (Å²) in [6.07, 6.45) is 1.71. The van der Waals surface area contributed by atoms with Crippen LogP contribution in [0.4, 0.5) is 0 Å². The van der Waals surface area contributed by atoms with E-state index in [1.807, 2.05) is 0 Å². The molecule has 1 rings (SSSR count). The Balaban J connectivity index is 2.60. The molecule has 4 heteroatoms. The number of nitrogens with zero attached hydrogens (tertiary/aromatic N) is 2. The molecule has 0 bridgehead atoms. The first-order valence-corrected chi connectivity index (χ1v) is 5.15. The maximum absolute atomic E-state index is 8.75. The van der Waals surface area contributed by atoms with E-state index in [-0.39, 0.29) is 0 Å². The van der Waals surface area contributed by atoms with Gasteiger partial charge in [-0.05, 0) is 12.1 Å². The van der Waals surface area contributed by atoms with Crippen LogP contribution in [0.2, 0.25) is 0 Å². The number of nitrogens with two attached hydrogens (primary N) is 1. The van der Waals surface area contributed by atoms with E-state index in [1.165, 1.54) is 0 Å². The largest absolute Gasteiger partial charge is 0.330 e. The van der Waals surface area contributed by atoms with Crippen LogP contribution in [0.3, 0.4) is 0 Å². The first-order valence-electron chi connectivity index (χ1n) is 4.00. The normalized spacial score (nSPS) is 9.54. The fraction of sp³-hybridized carbons (Fsp3) is 0.333. The van der Waals surface area contributed by atoms with Crippen LogP contribution < -0.4 is 5.73 Å². The molecule has 0 aromatic carbocycles. The Labute approximate surface area is 82.0 Å². The number of hydrogen-bond donors (Lipinski definition) is 1. The SMILES string of the molecule is N#Cc1cccnc1CSCCN. The third-order valence-electron chi connectivity index (χ3n) is 1.51. The second kappa shape index (κ2) is 5.57. The standard InChI is InChI=1S/C9H11N3S/c10-3-5-13-7-9-8(6-11)2-1-4-12-9/h1-2,4H,3,5,7,10H2. The lowest BCUT2D eigenvalue weighted by Gasteiger charge is -2.00. The van der Waals surface area contributed by atoms with Gasteiger partial charge < -0.3 is 5.73 Å². The van der Waals surface area contributed by atoms with Crippen LogP contribution in [0.1, 0.15) is 11.3 Å². The Hall–Kier alpha value is -1.05. The van der Waals surface area contributed by atoms with E-state index in [1.54, 1.807) is 30.1 Å². The minimum atomic E-state index is 0.659. The molecule has 13 heavy (non-hydrogen) atoms. The van der Waals surface area contributed by atoms with Crippen LogP contribution in [0, 0.1) is 11.3 Å². The van der Waals surface area contributed by atoms with Crippen molar-refractivity contribution in [3.05, 3.63) is 29.6 Å². The van der Waals surface area contributed by atoms with Crippen molar-refractivity contribution in [2.45, 2.75) is 5.75 Å². The molecule has 1 heterocycles. The molecule has 0 fully saturated rings. The van der Waals surface area contributed by atoms with E-state index < -0.39 is 0 Å². The number of thioether (sulfide) groups is 1. The number of hydrogen-bond acceptors (Lipinski definition) is 4. The molecule has 0 aliphatic rings. The van der Waals surface area contributed by atoms with Crippen molar-refractivity contribution in [3.63, 3.8) is 0 Å². The second-order valence-corrected chi connectivity index (χ2v) is 3.56. The van der Waals surface area contributed by atoms with Crippen LogP contribution >= 0.6 is 11.8 Å². The molecule has 0 aliphatic carbocycles. The highest BCUT2D eigenvalue weighted by Crippen LogP contribution is 2.12. The molecule has 0 saturated heterocycles. The van der Waals surface area contributed by atoms with E-state index in [4.69, 9.17) is 11.0 Å². The van der Waals surface area contributed by atoms with Gasteiger partial charge in [0, 0.05) is 24.2 Å². The Bertz CT molecular complexity index is 306. The Morgan fingerprint density at radius 1 is 1.62 bits per heavy atom. The van der Waals surface area contributed by atoms with Crippen LogP contribution in [0.15, 0.2) is 18.3 Å². The minimum absolute atomic E-state index is 0.659. The lowest BCUT2D eigenvalue weighted by Crippen LogP contribution is -2.02. The Kier molecular flexibility index (Phi) is 4.30. The van der Waals surface area contributed by atoms with Gasteiger partial charge in [-0.1, -0.05) is 0 Å². The highest BCUT2D eigenvalue weighted by molar-refractivity contribution is 7.98. The molecule has 0 saturated carbocycles. The third-order valence-corrected chi connectivity index (χ3v) is 2.51. The van der Waals surface area contributed by atoms with Gasteiger partial charge in [0.2, 0.25) is 0 Å². The summed E-state index contributed by atoms with van der Waals surface area (Å²) >= 11 is 1.70. The molecule has 3 nitrogen and oxygen atoms in total. The Morgan fingerprint density at radius 3 is 3.15 bits per heavy atom. The maximum atomic E-state index is 8.75. The zero-order valence-electron chi connectivity index (χ0n) is 7.23. The molecule has 0 atom stereocenters. The van der Waals surface area contributed by atoms with Crippen molar-refractivity contribution in [1.29, 1.82) is 5.26 Å². The fourth-order valence-corrected chi connectivity index (χ4v) is 1.64. The van der Waals surface area contributed by atoms with E-state index in [0.29, 0.717) is 12.1 Å². The summed E-state index contributed by atoms with van der Waals surface area (Å²) in [7, 11) is 0. The zero-order chi connectivity index (χ0) is 9.52. The molecule has 0 amide bonds. The lowest BCUT2D eigenvalue weighted by molar-refractivity contribution is 1.13. The molecular weight excluding hydrogens is 182 g/mol. The van der Waals surface area contributed by atoms with Crippen molar-refractivity contribution >= 4 is 11.8 Å². The molecule has 0 aliphatic heterocycles. The van der Waals surface area contributed by atoms with Gasteiger partial charge in [0.25, 0.3) is 0 Å². The van der Waals surface area contributed by atoms with Crippen LogP contribution in [-0.2, 0) is 5.75 Å². The fourth-order valence-electron chi connectivity index (χ4n) is 0.907. The quantitative estimate of drug-likeness (QED) is 0.728. The Morgan fingerprint density at radius 2 is 2.46 bits per heavy atom. The van der Waals surface area contributed by atoms with Crippen molar-refractivity contribution < 1.29 is 0 Å². The molecule has 2 N–H and O–H groups in total. The number of aromatic nitrogens is 1. The smallest absolute Gasteiger partial charge is 0.101 e. The van der Waals surface area contributed by atoms with Crippen molar-refractivity contribution in [3.8, 4) is 6.07 Å². The number of rotatable bonds is 4. The average Bonchev–Trinajstić information content (AvgIpc) is 2.19. The van der Waals surface area contributed by atoms with E-state index >= 15 is 0 Å². The summed E-state index contributed by atoms with van der Waals surface area (Å²) in [5.74, 6) is 1.67. The predicted molar refractivity (Wildman–Crippen MR) is 54.2 cm³/mol. The summed E-state index contributed by atoms with van der Waals surface area (Å²) in [6, 6.07) is 5.67. The minimum Gasteiger partial charge on any atom is -0.330 e. The molecule has 68 valence electrons. The van der Waals surface area contributed by atoms with E-state index in [0.717, 1.165) is 17.2 Å². The molecule has 0 radical (unpaired) electrons. The third kappa shape index (κ3) is 3.05. The number of nitriles is 1. The lowest BCUT2D eigenvalue weighted by atomic mass is 10.2. The van der Waals surface area contributed by atoms with Gasteiger partial charge in [-0.15, -0.1) is 0 Å². The van der Waals surface area contributed by atoms with E-state index in [2.05, 4.69) is 11.1 Å². The molecule has 0 spiro atoms. The summed E-state index contributed by atoms with van der Waals surface area (Å²) in [4.78, 5) is 4.14. The van der Waals surface area contributed by atoms with Crippen LogP contribution in [0.25, 0.3) is 0 Å². The van der Waals surface area contributed by atoms with Gasteiger partial charge in [0.1, 0.15) is 6.07 Å². The van der Waals surface area contributed by atoms with Crippen molar-refractivity contribution in [2.24, 2.45) is 5.73 Å². The molecule has 1 aromatic rings. The summed E-state index contributed by atoms with van der Waals surface area (Å²) in [6.45, 7) is 0.666. The monoisotopic (exact) mass is 193 g/mol. The van der Waals surface area contributed by atoms with Crippen molar-refractivity contribution in [1.82, 2.24) is 4.98 Å². The molecule has 1 aromatic heterocycles. The molecule has 0 unspecified atom stereocenters. The van der Waals surface area contributed by atoms with Gasteiger partial charge in [0.05, 0.1) is 11.3 Å². The second-order valence-electron chi connectivity index (χ2n) is 2.45. The summed E-state index contributed by atoms with van der Waals surface area (Å²) in [5.41, 5.74) is 6.87. The molecular formula is C9H11N3S. The van der Waals surface area contributed by atoms with Crippen molar-refractivity contribution in [2.75, 3.05) is 12.3 Å². The number of pyridine rings is 1. The van der Waals surface area contributed by atoms with Gasteiger partial charge in [0.15, 0.2) is 0 Å². The highest BCUT2D eigenvalue weighted by atomic mass is 32.2. The first kappa shape index (κ1) is 10.0. The average molecular weight is 193 g/mol. The van der Waals surface area contributed by atoms with Crippen LogP contribution in [0.5, 0.6) is 0 Å². The zero-order valence-corrected chi connectivity index (χ0v) is 8.05. The van der Waals surface area contributed by atoms with Gasteiger partial charge >= 0.3 is 0 Å². The van der Waals surface area contributed by atoms with Crippen LogP contribution in [-0.4, -0.2) is 17.3 Å². The maximum Gasteiger partial charge on any atom is 0.101 e. The van der Waals surface area contributed by atoms with Gasteiger partial charge in [-0.3, -0.25) is 4.98 Å². The van der Waals surface area contributed by atoms with E-state index in [9.17, 15) is 0 Å². The van der Waals surface area contributed by atoms with Gasteiger partial charge in [-0.2, -0.15) is 17.0 Å². The summed E-state index contributed by atoms with van der Waals surface area (Å²) < 4.78 is 0. The summed E-state index contributed by atoms with van der Waals surface area (Å²) in [5, 5.41) is 8.75. The predicted octanol–water partition coefficient (Wildman–Crippen LogP) is 1.15. The topological polar surface area (TPSA) is 62.7 Å². The first-order chi connectivity index (χ1) is 6.38.